The van der Waals surface area contributed by atoms with Gasteiger partial charge in [0.15, 0.2) is 0 Å². The maximum Gasteiger partial charge on any atom is 0.0202 e. The van der Waals surface area contributed by atoms with Gasteiger partial charge in [-0.3, -0.25) is 0 Å². The van der Waals surface area contributed by atoms with E-state index in [1.54, 1.807) is 0 Å². The quantitative estimate of drug-likeness (QED) is 0.501. The minimum absolute atomic E-state index is 0.181. The molecule has 1 aromatic rings. The fourth-order valence-corrected chi connectivity index (χ4v) is 3.28. The number of rotatable bonds is 4. The maximum absolute atomic E-state index is 4.06. The Balaban J connectivity index is 0.00000112. The van der Waals surface area contributed by atoms with E-state index in [9.17, 15) is 0 Å². The second-order valence-electron chi connectivity index (χ2n) is 5.36. The molecule has 0 heterocycles. The van der Waals surface area contributed by atoms with Gasteiger partial charge in [-0.1, -0.05) is 108 Å². The molecule has 0 N–H and O–H groups in total. The van der Waals surface area contributed by atoms with Crippen molar-refractivity contribution in [2.45, 2.75) is 72.1 Å². The van der Waals surface area contributed by atoms with Gasteiger partial charge in [0.05, 0.1) is 0 Å². The van der Waals surface area contributed by atoms with E-state index in [4.69, 9.17) is 0 Å². The third kappa shape index (κ3) is 5.86. The lowest BCUT2D eigenvalue weighted by atomic mass is 9.65. The van der Waals surface area contributed by atoms with Crippen LogP contribution in [0.25, 0.3) is 0 Å². The molecule has 0 saturated heterocycles. The number of hydrogen-bond acceptors (Lipinski definition) is 0. The summed E-state index contributed by atoms with van der Waals surface area (Å²) in [6, 6.07) is 11.0. The van der Waals surface area contributed by atoms with Gasteiger partial charge in [-0.25, -0.2) is 0 Å². The molecule has 128 valence electrons. The molecule has 0 heteroatoms. The first-order chi connectivity index (χ1) is 11.3. The summed E-state index contributed by atoms with van der Waals surface area (Å²) in [6.07, 6.45) is 15.0. The second kappa shape index (κ2) is 12.9. The molecule has 1 aromatic carbocycles. The van der Waals surface area contributed by atoms with Crippen molar-refractivity contribution in [3.8, 4) is 0 Å². The summed E-state index contributed by atoms with van der Waals surface area (Å²) in [5, 5.41) is 0. The van der Waals surface area contributed by atoms with Gasteiger partial charge >= 0.3 is 0 Å². The van der Waals surface area contributed by atoms with E-state index in [1.807, 2.05) is 27.7 Å². The Morgan fingerprint density at radius 3 is 2.00 bits per heavy atom. The highest BCUT2D eigenvalue weighted by atomic mass is 14.4. The third-order valence-corrected chi connectivity index (χ3v) is 4.27. The van der Waals surface area contributed by atoms with Gasteiger partial charge in [-0.15, -0.1) is 0 Å². The summed E-state index contributed by atoms with van der Waals surface area (Å²) in [4.78, 5) is 0. The van der Waals surface area contributed by atoms with E-state index in [0.717, 1.165) is 0 Å². The van der Waals surface area contributed by atoms with Gasteiger partial charge in [0.1, 0.15) is 0 Å². The second-order valence-corrected chi connectivity index (χ2v) is 5.36. The molecule has 1 fully saturated rings. The maximum atomic E-state index is 4.06. The molecular formula is C23H36. The number of benzene rings is 1. The first kappa shape index (κ1) is 21.4. The molecular weight excluding hydrogens is 276 g/mol. The van der Waals surface area contributed by atoms with Crippen molar-refractivity contribution >= 4 is 0 Å². The molecule has 0 nitrogen and oxygen atoms in total. The van der Waals surface area contributed by atoms with Crippen molar-refractivity contribution in [1.82, 2.24) is 0 Å². The molecule has 23 heavy (non-hydrogen) atoms. The largest absolute Gasteiger partial charge is 0.0988 e. The average molecular weight is 313 g/mol. The van der Waals surface area contributed by atoms with E-state index in [-0.39, 0.29) is 5.41 Å². The Morgan fingerprint density at radius 2 is 1.52 bits per heavy atom. The summed E-state index contributed by atoms with van der Waals surface area (Å²) >= 11 is 0. The minimum Gasteiger partial charge on any atom is -0.0988 e. The van der Waals surface area contributed by atoms with Crippen LogP contribution >= 0.6 is 0 Å². The summed E-state index contributed by atoms with van der Waals surface area (Å²) in [5.41, 5.74) is 3.00. The Kier molecular flexibility index (Phi) is 12.1. The van der Waals surface area contributed by atoms with Gasteiger partial charge in [0.2, 0.25) is 0 Å². The van der Waals surface area contributed by atoms with Crippen molar-refractivity contribution < 1.29 is 0 Å². The van der Waals surface area contributed by atoms with Crippen molar-refractivity contribution in [2.75, 3.05) is 0 Å². The topological polar surface area (TPSA) is 0 Å². The van der Waals surface area contributed by atoms with Gasteiger partial charge < -0.3 is 0 Å². The van der Waals surface area contributed by atoms with Crippen LogP contribution < -0.4 is 0 Å². The lowest BCUT2D eigenvalue weighted by Gasteiger charge is -2.39. The molecule has 0 bridgehead atoms. The van der Waals surface area contributed by atoms with E-state index < -0.39 is 0 Å². The Hall–Kier alpha value is -1.56. The molecule has 0 aliphatic heterocycles. The standard InChI is InChI=1S/C19H24.2C2H6/c1-3-5-12-17(4-2)19(15-10-7-11-16-19)18-13-8-6-9-14-18;2*1-2/h3-6,8-9,12-14H,2,7,10-11,15-16H2,1H3;2*1-2H3/b5-3-,17-12+;;. The zero-order chi connectivity index (χ0) is 17.6. The van der Waals surface area contributed by atoms with Crippen LogP contribution in [0, 0.1) is 0 Å². The van der Waals surface area contributed by atoms with Crippen LogP contribution in [0.5, 0.6) is 0 Å². The molecule has 1 aliphatic carbocycles. The monoisotopic (exact) mass is 312 g/mol. The van der Waals surface area contributed by atoms with Crippen LogP contribution in [0.1, 0.15) is 72.3 Å². The first-order valence-electron chi connectivity index (χ1n) is 9.35. The van der Waals surface area contributed by atoms with E-state index in [1.165, 1.54) is 43.2 Å². The van der Waals surface area contributed by atoms with Crippen LogP contribution in [0.2, 0.25) is 0 Å². The highest BCUT2D eigenvalue weighted by Crippen LogP contribution is 2.45. The van der Waals surface area contributed by atoms with Crippen molar-refractivity contribution in [1.29, 1.82) is 0 Å². The molecule has 1 aliphatic rings. The van der Waals surface area contributed by atoms with Crippen LogP contribution in [-0.4, -0.2) is 0 Å². The molecule has 1 saturated carbocycles. The van der Waals surface area contributed by atoms with Crippen molar-refractivity contribution in [3.63, 3.8) is 0 Å². The van der Waals surface area contributed by atoms with Crippen molar-refractivity contribution in [3.05, 3.63) is 72.4 Å². The van der Waals surface area contributed by atoms with Gasteiger partial charge in [0, 0.05) is 5.41 Å². The first-order valence-corrected chi connectivity index (χ1v) is 9.35. The Morgan fingerprint density at radius 1 is 0.957 bits per heavy atom. The van der Waals surface area contributed by atoms with Crippen LogP contribution in [-0.2, 0) is 5.41 Å². The summed E-state index contributed by atoms with van der Waals surface area (Å²) in [7, 11) is 0. The molecule has 0 unspecified atom stereocenters. The third-order valence-electron chi connectivity index (χ3n) is 4.27. The Bertz CT molecular complexity index is 456. The summed E-state index contributed by atoms with van der Waals surface area (Å²) < 4.78 is 0. The predicted molar refractivity (Wildman–Crippen MR) is 107 cm³/mol. The highest BCUT2D eigenvalue weighted by molar-refractivity contribution is 5.43. The molecule has 0 atom stereocenters. The Labute approximate surface area is 145 Å². The van der Waals surface area contributed by atoms with E-state index in [2.05, 4.69) is 68.1 Å². The molecule has 0 aromatic heterocycles. The lowest BCUT2D eigenvalue weighted by Crippen LogP contribution is -2.30. The smallest absolute Gasteiger partial charge is 0.0202 e. The number of hydrogen-bond donors (Lipinski definition) is 0. The molecule has 0 spiro atoms. The van der Waals surface area contributed by atoms with E-state index in [0.29, 0.717) is 0 Å². The summed E-state index contributed by atoms with van der Waals surface area (Å²) in [6.45, 7) is 14.1. The molecule has 0 radical (unpaired) electrons. The molecule has 2 rings (SSSR count). The van der Waals surface area contributed by atoms with Gasteiger partial charge in [0.25, 0.3) is 0 Å². The van der Waals surface area contributed by atoms with Gasteiger partial charge in [-0.05, 0) is 30.9 Å². The molecule has 0 amide bonds. The highest BCUT2D eigenvalue weighted by Gasteiger charge is 2.35. The van der Waals surface area contributed by atoms with E-state index >= 15 is 0 Å². The summed E-state index contributed by atoms with van der Waals surface area (Å²) in [5.74, 6) is 0. The predicted octanol–water partition coefficient (Wildman–Crippen LogP) is 7.63. The zero-order valence-corrected chi connectivity index (χ0v) is 15.9. The average Bonchev–Trinajstić information content (AvgIpc) is 2.67. The fourth-order valence-electron chi connectivity index (χ4n) is 3.28. The minimum atomic E-state index is 0.181. The van der Waals surface area contributed by atoms with Crippen LogP contribution in [0.15, 0.2) is 66.8 Å². The zero-order valence-electron chi connectivity index (χ0n) is 15.9. The lowest BCUT2D eigenvalue weighted by molar-refractivity contribution is 0.345. The fraction of sp³-hybridized carbons (Fsp3) is 0.478. The van der Waals surface area contributed by atoms with Crippen molar-refractivity contribution in [2.24, 2.45) is 0 Å². The normalized spacial score (nSPS) is 16.7. The SMILES string of the molecule is C=C/C(=C\C=C/C)C1(c2ccccc2)CCCCC1.CC.CC. The van der Waals surface area contributed by atoms with Crippen LogP contribution in [0.4, 0.5) is 0 Å². The van der Waals surface area contributed by atoms with Gasteiger partial charge in [-0.2, -0.15) is 0 Å². The number of allylic oxidation sites excluding steroid dienone is 5. The van der Waals surface area contributed by atoms with Crippen LogP contribution in [0.3, 0.4) is 0 Å².